The van der Waals surface area contributed by atoms with Crippen LogP contribution in [0.5, 0.6) is 5.75 Å². The van der Waals surface area contributed by atoms with Crippen molar-refractivity contribution in [3.63, 3.8) is 0 Å². The fourth-order valence-corrected chi connectivity index (χ4v) is 3.46. The Balaban J connectivity index is 1.95. The van der Waals surface area contributed by atoms with E-state index in [4.69, 9.17) is 4.74 Å². The molecule has 0 N–H and O–H groups in total. The molecule has 21 heavy (non-hydrogen) atoms. The summed E-state index contributed by atoms with van der Waals surface area (Å²) in [5, 5.41) is 0. The normalized spacial score (nSPS) is 22.3. The van der Waals surface area contributed by atoms with Crippen molar-refractivity contribution >= 4 is 0 Å². The molecule has 0 radical (unpaired) electrons. The van der Waals surface area contributed by atoms with Crippen molar-refractivity contribution in [2.45, 2.75) is 64.2 Å². The van der Waals surface area contributed by atoms with E-state index in [2.05, 4.69) is 6.92 Å². The highest BCUT2D eigenvalue weighted by molar-refractivity contribution is 5.33. The van der Waals surface area contributed by atoms with Gasteiger partial charge in [-0.3, -0.25) is 0 Å². The lowest BCUT2D eigenvalue weighted by Gasteiger charge is -2.29. The first-order valence-electron chi connectivity index (χ1n) is 8.19. The molecule has 0 aliphatic heterocycles. The van der Waals surface area contributed by atoms with Crippen molar-refractivity contribution in [3.8, 4) is 5.75 Å². The van der Waals surface area contributed by atoms with Gasteiger partial charge < -0.3 is 4.74 Å². The molecule has 3 heteroatoms. The molecule has 1 aromatic carbocycles. The summed E-state index contributed by atoms with van der Waals surface area (Å²) in [7, 11) is 1.36. The Kier molecular flexibility index (Phi) is 6.01. The van der Waals surface area contributed by atoms with Crippen LogP contribution in [0.25, 0.3) is 0 Å². The Labute approximate surface area is 126 Å². The first-order chi connectivity index (χ1) is 10.2. The van der Waals surface area contributed by atoms with E-state index in [1.165, 1.54) is 32.8 Å². The Morgan fingerprint density at radius 1 is 1.05 bits per heavy atom. The minimum Gasteiger partial charge on any atom is -0.494 e. The zero-order valence-electron chi connectivity index (χ0n) is 13.1. The summed E-state index contributed by atoms with van der Waals surface area (Å²) in [5.41, 5.74) is 0.528. The number of hydrogen-bond donors (Lipinski definition) is 0. The van der Waals surface area contributed by atoms with Crippen LogP contribution in [0, 0.1) is 17.6 Å². The summed E-state index contributed by atoms with van der Waals surface area (Å²) in [4.78, 5) is 0. The second-order valence-electron chi connectivity index (χ2n) is 6.20. The molecule has 0 unspecified atom stereocenters. The fraction of sp³-hybridized carbons (Fsp3) is 0.667. The number of halogens is 2. The molecular weight excluding hydrogens is 270 g/mol. The van der Waals surface area contributed by atoms with Gasteiger partial charge in [0.2, 0.25) is 5.82 Å². The topological polar surface area (TPSA) is 9.23 Å². The van der Waals surface area contributed by atoms with Crippen molar-refractivity contribution in [2.75, 3.05) is 7.11 Å². The highest BCUT2D eigenvalue weighted by atomic mass is 19.2. The Bertz CT molecular complexity index is 451. The molecule has 0 aromatic heterocycles. The highest BCUT2D eigenvalue weighted by Crippen LogP contribution is 2.39. The third-order valence-electron chi connectivity index (χ3n) is 4.80. The Morgan fingerprint density at radius 3 is 2.38 bits per heavy atom. The van der Waals surface area contributed by atoms with E-state index in [0.717, 1.165) is 31.6 Å². The molecule has 2 rings (SSSR count). The van der Waals surface area contributed by atoms with Gasteiger partial charge in [-0.05, 0) is 49.1 Å². The number of methoxy groups -OCH3 is 1. The van der Waals surface area contributed by atoms with Crippen LogP contribution in [-0.4, -0.2) is 7.11 Å². The molecule has 0 amide bonds. The maximum Gasteiger partial charge on any atom is 0.200 e. The standard InChI is InChI=1S/C18H26F2O/c1-3-4-5-6-13-7-9-14(10-8-13)15-11-12-16(21-2)18(20)17(15)19/h11-14H,3-10H2,1-2H3/t13-,14-. The molecule has 0 bridgehead atoms. The van der Waals surface area contributed by atoms with Gasteiger partial charge in [-0.25, -0.2) is 4.39 Å². The fourth-order valence-electron chi connectivity index (χ4n) is 3.46. The Hall–Kier alpha value is -1.12. The van der Waals surface area contributed by atoms with Crippen LogP contribution < -0.4 is 4.74 Å². The van der Waals surface area contributed by atoms with Gasteiger partial charge in [0, 0.05) is 0 Å². The molecule has 0 atom stereocenters. The zero-order valence-corrected chi connectivity index (χ0v) is 13.1. The molecule has 0 heterocycles. The van der Waals surface area contributed by atoms with E-state index >= 15 is 0 Å². The number of benzene rings is 1. The van der Waals surface area contributed by atoms with Crippen molar-refractivity contribution in [3.05, 3.63) is 29.3 Å². The first kappa shape index (κ1) is 16.3. The third kappa shape index (κ3) is 3.96. The van der Waals surface area contributed by atoms with Gasteiger partial charge in [-0.15, -0.1) is 0 Å². The van der Waals surface area contributed by atoms with E-state index in [-0.39, 0.29) is 11.7 Å². The SMILES string of the molecule is CCCCC[C@H]1CC[C@H](c2ccc(OC)c(F)c2F)CC1. The summed E-state index contributed by atoms with van der Waals surface area (Å²) >= 11 is 0. The van der Waals surface area contributed by atoms with Gasteiger partial charge in [0.15, 0.2) is 11.6 Å². The van der Waals surface area contributed by atoms with Gasteiger partial charge in [0.25, 0.3) is 0 Å². The predicted octanol–water partition coefficient (Wildman–Crippen LogP) is 5.83. The average molecular weight is 296 g/mol. The van der Waals surface area contributed by atoms with Crippen molar-refractivity contribution in [1.82, 2.24) is 0 Å². The van der Waals surface area contributed by atoms with Crippen LogP contribution in [0.4, 0.5) is 8.78 Å². The summed E-state index contributed by atoms with van der Waals surface area (Å²) in [5.74, 6) is -0.639. The summed E-state index contributed by atoms with van der Waals surface area (Å²) in [6.45, 7) is 2.22. The van der Waals surface area contributed by atoms with Crippen molar-refractivity contribution < 1.29 is 13.5 Å². The lowest BCUT2D eigenvalue weighted by Crippen LogP contribution is -2.15. The molecular formula is C18H26F2O. The molecule has 1 saturated carbocycles. The molecule has 1 fully saturated rings. The molecule has 1 aliphatic rings. The minimum absolute atomic E-state index is 0.00972. The molecule has 0 spiro atoms. The average Bonchev–Trinajstić information content (AvgIpc) is 2.51. The van der Waals surface area contributed by atoms with Crippen molar-refractivity contribution in [1.29, 1.82) is 0 Å². The lowest BCUT2D eigenvalue weighted by atomic mass is 9.77. The monoisotopic (exact) mass is 296 g/mol. The van der Waals surface area contributed by atoms with E-state index < -0.39 is 11.6 Å². The molecule has 1 aliphatic carbocycles. The van der Waals surface area contributed by atoms with Gasteiger partial charge in [0.05, 0.1) is 7.11 Å². The summed E-state index contributed by atoms with van der Waals surface area (Å²) in [6, 6.07) is 3.24. The molecule has 1 nitrogen and oxygen atoms in total. The molecule has 1 aromatic rings. The van der Waals surface area contributed by atoms with Crippen LogP contribution in [0.2, 0.25) is 0 Å². The lowest BCUT2D eigenvalue weighted by molar-refractivity contribution is 0.296. The third-order valence-corrected chi connectivity index (χ3v) is 4.80. The van der Waals surface area contributed by atoms with Crippen LogP contribution >= 0.6 is 0 Å². The maximum absolute atomic E-state index is 14.1. The van der Waals surface area contributed by atoms with Crippen LogP contribution in [0.3, 0.4) is 0 Å². The van der Waals surface area contributed by atoms with E-state index in [0.29, 0.717) is 5.56 Å². The second kappa shape index (κ2) is 7.77. The summed E-state index contributed by atoms with van der Waals surface area (Å²) < 4.78 is 32.7. The number of hydrogen-bond acceptors (Lipinski definition) is 1. The van der Waals surface area contributed by atoms with E-state index in [1.807, 2.05) is 0 Å². The summed E-state index contributed by atoms with van der Waals surface area (Å²) in [6.07, 6.45) is 9.38. The largest absolute Gasteiger partial charge is 0.494 e. The number of unbranched alkanes of at least 4 members (excludes halogenated alkanes) is 2. The zero-order chi connectivity index (χ0) is 15.2. The smallest absolute Gasteiger partial charge is 0.200 e. The minimum atomic E-state index is -0.847. The van der Waals surface area contributed by atoms with Crippen LogP contribution in [0.1, 0.15) is 69.8 Å². The van der Waals surface area contributed by atoms with E-state index in [1.54, 1.807) is 12.1 Å². The maximum atomic E-state index is 14.1. The van der Waals surface area contributed by atoms with Crippen LogP contribution in [-0.2, 0) is 0 Å². The predicted molar refractivity (Wildman–Crippen MR) is 81.8 cm³/mol. The van der Waals surface area contributed by atoms with Gasteiger partial charge in [-0.1, -0.05) is 38.7 Å². The highest BCUT2D eigenvalue weighted by Gasteiger charge is 2.26. The molecule has 0 saturated heterocycles. The van der Waals surface area contributed by atoms with Gasteiger partial charge >= 0.3 is 0 Å². The van der Waals surface area contributed by atoms with Gasteiger partial charge in [0.1, 0.15) is 0 Å². The number of ether oxygens (including phenoxy) is 1. The first-order valence-corrected chi connectivity index (χ1v) is 8.19. The molecule has 118 valence electrons. The quantitative estimate of drug-likeness (QED) is 0.600. The Morgan fingerprint density at radius 2 is 1.76 bits per heavy atom. The van der Waals surface area contributed by atoms with Crippen molar-refractivity contribution in [2.24, 2.45) is 5.92 Å². The van der Waals surface area contributed by atoms with Gasteiger partial charge in [-0.2, -0.15) is 4.39 Å². The van der Waals surface area contributed by atoms with Crippen LogP contribution in [0.15, 0.2) is 12.1 Å². The number of rotatable bonds is 6. The second-order valence-corrected chi connectivity index (χ2v) is 6.20. The van der Waals surface area contributed by atoms with E-state index in [9.17, 15) is 8.78 Å².